The number of carbonyl (C=O) groups is 1. The number of hydrogen-bond acceptors (Lipinski definition) is 3. The second-order valence-corrected chi connectivity index (χ2v) is 5.28. The van der Waals surface area contributed by atoms with Crippen molar-refractivity contribution in [2.24, 2.45) is 0 Å². The van der Waals surface area contributed by atoms with Gasteiger partial charge >= 0.3 is 12.1 Å². The Morgan fingerprint density at radius 2 is 2.00 bits per heavy atom. The van der Waals surface area contributed by atoms with E-state index in [0.717, 1.165) is 12.1 Å². The van der Waals surface area contributed by atoms with Crippen LogP contribution in [-0.4, -0.2) is 16.1 Å². The maximum absolute atomic E-state index is 12.6. The molecule has 0 saturated heterocycles. The van der Waals surface area contributed by atoms with Crippen LogP contribution in [0.4, 0.5) is 18.9 Å². The van der Waals surface area contributed by atoms with E-state index in [1.54, 1.807) is 13.0 Å². The lowest BCUT2D eigenvalue weighted by molar-refractivity contribution is -0.137. The molecule has 0 fully saturated rings. The number of aromatic carboxylic acids is 1. The van der Waals surface area contributed by atoms with Crippen molar-refractivity contribution < 1.29 is 23.1 Å². The van der Waals surface area contributed by atoms with Crippen molar-refractivity contribution in [2.45, 2.75) is 19.6 Å². The number of aryl methyl sites for hydroxylation is 1. The minimum Gasteiger partial charge on any atom is -0.477 e. The first kappa shape index (κ1) is 17.1. The van der Waals surface area contributed by atoms with Gasteiger partial charge in [-0.3, -0.25) is 0 Å². The van der Waals surface area contributed by atoms with E-state index in [4.69, 9.17) is 16.7 Å². The van der Waals surface area contributed by atoms with Gasteiger partial charge in [0.25, 0.3) is 0 Å². The number of aromatic nitrogens is 1. The van der Waals surface area contributed by atoms with E-state index in [1.165, 1.54) is 12.1 Å². The molecule has 4 nitrogen and oxygen atoms in total. The first-order chi connectivity index (χ1) is 10.7. The molecule has 0 aliphatic carbocycles. The second-order valence-electron chi connectivity index (χ2n) is 4.87. The van der Waals surface area contributed by atoms with Crippen LogP contribution in [-0.2, 0) is 12.7 Å². The van der Waals surface area contributed by atoms with Crippen molar-refractivity contribution in [1.29, 1.82) is 0 Å². The van der Waals surface area contributed by atoms with Crippen LogP contribution in [0.25, 0.3) is 0 Å². The summed E-state index contributed by atoms with van der Waals surface area (Å²) < 4.78 is 37.7. The average Bonchev–Trinajstić information content (AvgIpc) is 2.44. The molecule has 0 aliphatic heterocycles. The van der Waals surface area contributed by atoms with Gasteiger partial charge in [0.15, 0.2) is 0 Å². The van der Waals surface area contributed by atoms with Crippen LogP contribution in [0.2, 0.25) is 5.02 Å². The quantitative estimate of drug-likeness (QED) is 0.864. The average molecular weight is 345 g/mol. The summed E-state index contributed by atoms with van der Waals surface area (Å²) >= 11 is 5.84. The van der Waals surface area contributed by atoms with E-state index in [-0.39, 0.29) is 17.3 Å². The normalized spacial score (nSPS) is 11.3. The minimum absolute atomic E-state index is 0.0778. The fourth-order valence-electron chi connectivity index (χ4n) is 1.96. The molecule has 1 aromatic carbocycles. The summed E-state index contributed by atoms with van der Waals surface area (Å²) in [5.41, 5.74) is 0.529. The molecule has 0 aliphatic rings. The number of nitrogens with zero attached hydrogens (tertiary/aromatic N) is 1. The lowest BCUT2D eigenvalue weighted by Crippen LogP contribution is -2.09. The van der Waals surface area contributed by atoms with Crippen molar-refractivity contribution in [3.8, 4) is 0 Å². The summed E-state index contributed by atoms with van der Waals surface area (Å²) in [6.45, 7) is 1.86. The summed E-state index contributed by atoms with van der Waals surface area (Å²) in [5, 5.41) is 11.7. The Morgan fingerprint density at radius 1 is 1.30 bits per heavy atom. The van der Waals surface area contributed by atoms with Gasteiger partial charge in [0.2, 0.25) is 0 Å². The van der Waals surface area contributed by atoms with Gasteiger partial charge < -0.3 is 10.4 Å². The number of halogens is 4. The van der Waals surface area contributed by atoms with Crippen molar-refractivity contribution in [3.63, 3.8) is 0 Å². The van der Waals surface area contributed by atoms with Gasteiger partial charge in [-0.25, -0.2) is 9.78 Å². The fraction of sp³-hybridized carbons (Fsp3) is 0.200. The van der Waals surface area contributed by atoms with E-state index in [9.17, 15) is 18.0 Å². The van der Waals surface area contributed by atoms with Crippen LogP contribution in [0.5, 0.6) is 0 Å². The Balaban J connectivity index is 2.17. The molecule has 0 radical (unpaired) electrons. The molecule has 2 rings (SSSR count). The second kappa shape index (κ2) is 6.45. The third kappa shape index (κ3) is 4.35. The molecule has 0 saturated carbocycles. The molecule has 0 bridgehead atoms. The van der Waals surface area contributed by atoms with Crippen molar-refractivity contribution in [2.75, 3.05) is 5.32 Å². The molecule has 8 heteroatoms. The number of carboxylic acid groups (broad SMARTS) is 1. The SMILES string of the molecule is Cc1cc(CNc2ccc(C(F)(F)F)cc2Cl)nc(C(=O)O)c1. The molecule has 2 aromatic rings. The maximum Gasteiger partial charge on any atom is 0.416 e. The molecule has 0 amide bonds. The zero-order valence-corrected chi connectivity index (χ0v) is 12.7. The Kier molecular flexibility index (Phi) is 4.79. The standard InChI is InChI=1S/C15H12ClF3N2O2/c1-8-4-10(21-13(5-8)14(22)23)7-20-12-3-2-9(6-11(12)16)15(17,18)19/h2-6,20H,7H2,1H3,(H,22,23). The van der Waals surface area contributed by atoms with Gasteiger partial charge in [-0.05, 0) is 42.8 Å². The Hall–Kier alpha value is -2.28. The maximum atomic E-state index is 12.6. The number of pyridine rings is 1. The van der Waals surface area contributed by atoms with Gasteiger partial charge in [-0.2, -0.15) is 13.2 Å². The first-order valence-corrected chi connectivity index (χ1v) is 6.86. The highest BCUT2D eigenvalue weighted by Crippen LogP contribution is 2.33. The number of hydrogen-bond donors (Lipinski definition) is 2. The molecular weight excluding hydrogens is 333 g/mol. The Labute approximate surface area is 134 Å². The van der Waals surface area contributed by atoms with E-state index in [0.29, 0.717) is 16.9 Å². The smallest absolute Gasteiger partial charge is 0.416 e. The minimum atomic E-state index is -4.46. The zero-order valence-electron chi connectivity index (χ0n) is 11.9. The number of nitrogens with one attached hydrogen (secondary N) is 1. The van der Waals surface area contributed by atoms with Crippen LogP contribution >= 0.6 is 11.6 Å². The van der Waals surface area contributed by atoms with Gasteiger partial charge in [0.1, 0.15) is 5.69 Å². The third-order valence-corrected chi connectivity index (χ3v) is 3.31. The summed E-state index contributed by atoms with van der Waals surface area (Å²) in [6, 6.07) is 6.07. The van der Waals surface area contributed by atoms with Crippen LogP contribution in [0, 0.1) is 6.92 Å². The monoisotopic (exact) mass is 344 g/mol. The van der Waals surface area contributed by atoms with Crippen LogP contribution in [0.15, 0.2) is 30.3 Å². The molecule has 0 spiro atoms. The Morgan fingerprint density at radius 3 is 2.57 bits per heavy atom. The van der Waals surface area contributed by atoms with Crippen LogP contribution < -0.4 is 5.32 Å². The molecule has 23 heavy (non-hydrogen) atoms. The molecule has 1 aromatic heterocycles. The zero-order chi connectivity index (χ0) is 17.2. The number of carboxylic acids is 1. The molecule has 0 unspecified atom stereocenters. The van der Waals surface area contributed by atoms with Gasteiger partial charge in [0.05, 0.1) is 28.5 Å². The van der Waals surface area contributed by atoms with Gasteiger partial charge in [-0.1, -0.05) is 11.6 Å². The van der Waals surface area contributed by atoms with Crippen molar-refractivity contribution in [1.82, 2.24) is 4.98 Å². The van der Waals surface area contributed by atoms with E-state index in [1.807, 2.05) is 0 Å². The fourth-order valence-corrected chi connectivity index (χ4v) is 2.21. The topological polar surface area (TPSA) is 62.2 Å². The number of anilines is 1. The van der Waals surface area contributed by atoms with Gasteiger partial charge in [-0.15, -0.1) is 0 Å². The number of alkyl halides is 3. The first-order valence-electron chi connectivity index (χ1n) is 6.48. The lowest BCUT2D eigenvalue weighted by atomic mass is 10.2. The molecular formula is C15H12ClF3N2O2. The molecule has 0 atom stereocenters. The highest BCUT2D eigenvalue weighted by molar-refractivity contribution is 6.33. The number of benzene rings is 1. The lowest BCUT2D eigenvalue weighted by Gasteiger charge is -2.12. The third-order valence-electron chi connectivity index (χ3n) is 3.00. The van der Waals surface area contributed by atoms with Crippen LogP contribution in [0.3, 0.4) is 0 Å². The largest absolute Gasteiger partial charge is 0.477 e. The summed E-state index contributed by atoms with van der Waals surface area (Å²) in [5.74, 6) is -1.15. The van der Waals surface area contributed by atoms with E-state index < -0.39 is 17.7 Å². The highest BCUT2D eigenvalue weighted by Gasteiger charge is 2.30. The predicted octanol–water partition coefficient (Wildman–Crippen LogP) is 4.37. The van der Waals surface area contributed by atoms with Gasteiger partial charge in [0, 0.05) is 0 Å². The Bertz CT molecular complexity index is 748. The molecule has 122 valence electrons. The van der Waals surface area contributed by atoms with Crippen molar-refractivity contribution >= 4 is 23.3 Å². The summed E-state index contributed by atoms with van der Waals surface area (Å²) in [4.78, 5) is 14.9. The highest BCUT2D eigenvalue weighted by atomic mass is 35.5. The molecule has 2 N–H and O–H groups in total. The van der Waals surface area contributed by atoms with E-state index in [2.05, 4.69) is 10.3 Å². The number of rotatable bonds is 4. The summed E-state index contributed by atoms with van der Waals surface area (Å²) in [6.07, 6.45) is -4.46. The predicted molar refractivity (Wildman–Crippen MR) is 79.7 cm³/mol. The van der Waals surface area contributed by atoms with E-state index >= 15 is 0 Å². The summed E-state index contributed by atoms with van der Waals surface area (Å²) in [7, 11) is 0. The molecule has 1 heterocycles. The van der Waals surface area contributed by atoms with Crippen molar-refractivity contribution in [3.05, 3.63) is 57.9 Å². The van der Waals surface area contributed by atoms with Crippen LogP contribution in [0.1, 0.15) is 27.3 Å².